The standard InChI is InChI=1S/C15H14F4N2O/c1-21(11-4-7-14(20)13(16)8-11)10-2-5-12(6-3-10)22-9-15(17,18)19/h2-8H,9,20H2,1H3. The van der Waals surface area contributed by atoms with Gasteiger partial charge in [-0.15, -0.1) is 0 Å². The van der Waals surface area contributed by atoms with Crippen LogP contribution in [0, 0.1) is 5.82 Å². The van der Waals surface area contributed by atoms with E-state index < -0.39 is 18.6 Å². The van der Waals surface area contributed by atoms with Crippen LogP contribution >= 0.6 is 0 Å². The highest BCUT2D eigenvalue weighted by Gasteiger charge is 2.28. The first kappa shape index (κ1) is 15.9. The zero-order valence-corrected chi connectivity index (χ0v) is 11.7. The lowest BCUT2D eigenvalue weighted by Gasteiger charge is -2.20. The Labute approximate surface area is 124 Å². The predicted molar refractivity (Wildman–Crippen MR) is 76.9 cm³/mol. The van der Waals surface area contributed by atoms with Crippen LogP contribution in [0.4, 0.5) is 34.6 Å². The van der Waals surface area contributed by atoms with Gasteiger partial charge in [0.2, 0.25) is 0 Å². The quantitative estimate of drug-likeness (QED) is 0.681. The van der Waals surface area contributed by atoms with Gasteiger partial charge in [-0.3, -0.25) is 0 Å². The van der Waals surface area contributed by atoms with Crippen LogP contribution in [0.1, 0.15) is 0 Å². The fourth-order valence-corrected chi connectivity index (χ4v) is 1.80. The van der Waals surface area contributed by atoms with Crippen LogP contribution in [0.2, 0.25) is 0 Å². The number of hydrogen-bond acceptors (Lipinski definition) is 3. The first-order valence-electron chi connectivity index (χ1n) is 6.34. The molecular weight excluding hydrogens is 300 g/mol. The van der Waals surface area contributed by atoms with Crippen molar-refractivity contribution in [2.24, 2.45) is 0 Å². The maximum absolute atomic E-state index is 13.5. The summed E-state index contributed by atoms with van der Waals surface area (Å²) < 4.78 is 54.3. The third-order valence-electron chi connectivity index (χ3n) is 3.00. The summed E-state index contributed by atoms with van der Waals surface area (Å²) in [5, 5.41) is 0. The molecule has 0 fully saturated rings. The molecule has 0 radical (unpaired) electrons. The monoisotopic (exact) mass is 314 g/mol. The van der Waals surface area contributed by atoms with Crippen molar-refractivity contribution in [1.29, 1.82) is 0 Å². The Hall–Kier alpha value is -2.44. The molecule has 0 amide bonds. The number of hydrogen-bond donors (Lipinski definition) is 1. The van der Waals surface area contributed by atoms with Crippen LogP contribution in [0.25, 0.3) is 0 Å². The molecule has 0 bridgehead atoms. The average molecular weight is 314 g/mol. The molecule has 0 spiro atoms. The lowest BCUT2D eigenvalue weighted by atomic mass is 10.2. The van der Waals surface area contributed by atoms with Gasteiger partial charge in [0.1, 0.15) is 11.6 Å². The molecule has 3 nitrogen and oxygen atoms in total. The zero-order valence-electron chi connectivity index (χ0n) is 11.7. The highest BCUT2D eigenvalue weighted by atomic mass is 19.4. The second-order valence-corrected chi connectivity index (χ2v) is 4.66. The molecule has 118 valence electrons. The Bertz CT molecular complexity index is 641. The Morgan fingerprint density at radius 1 is 1.05 bits per heavy atom. The van der Waals surface area contributed by atoms with Crippen molar-refractivity contribution in [3.63, 3.8) is 0 Å². The first-order valence-corrected chi connectivity index (χ1v) is 6.34. The highest BCUT2D eigenvalue weighted by molar-refractivity contribution is 5.65. The van der Waals surface area contributed by atoms with Crippen LogP contribution in [0.3, 0.4) is 0 Å². The topological polar surface area (TPSA) is 38.5 Å². The normalized spacial score (nSPS) is 11.3. The van der Waals surface area contributed by atoms with Gasteiger partial charge in [0.15, 0.2) is 6.61 Å². The van der Waals surface area contributed by atoms with Crippen molar-refractivity contribution in [3.05, 3.63) is 48.3 Å². The molecule has 2 aromatic carbocycles. The van der Waals surface area contributed by atoms with Crippen LogP contribution in [0.5, 0.6) is 5.75 Å². The van der Waals surface area contributed by atoms with Gasteiger partial charge in [0, 0.05) is 18.4 Å². The molecule has 0 heterocycles. The summed E-state index contributed by atoms with van der Waals surface area (Å²) in [7, 11) is 1.70. The van der Waals surface area contributed by atoms with E-state index in [1.165, 1.54) is 24.3 Å². The number of halogens is 4. The molecule has 0 saturated heterocycles. The van der Waals surface area contributed by atoms with Gasteiger partial charge in [0.25, 0.3) is 0 Å². The van der Waals surface area contributed by atoms with Gasteiger partial charge in [-0.2, -0.15) is 13.2 Å². The average Bonchev–Trinajstić information content (AvgIpc) is 2.47. The molecule has 0 aliphatic heterocycles. The van der Waals surface area contributed by atoms with Crippen molar-refractivity contribution in [2.45, 2.75) is 6.18 Å². The number of alkyl halides is 3. The molecule has 0 aromatic heterocycles. The molecule has 7 heteroatoms. The third kappa shape index (κ3) is 4.03. The second-order valence-electron chi connectivity index (χ2n) is 4.66. The molecule has 2 rings (SSSR count). The number of benzene rings is 2. The van der Waals surface area contributed by atoms with Crippen molar-refractivity contribution < 1.29 is 22.3 Å². The fraction of sp³-hybridized carbons (Fsp3) is 0.200. The zero-order chi connectivity index (χ0) is 16.3. The van der Waals surface area contributed by atoms with Crippen LogP contribution in [-0.4, -0.2) is 19.8 Å². The van der Waals surface area contributed by atoms with Gasteiger partial charge in [-0.25, -0.2) is 4.39 Å². The van der Waals surface area contributed by atoms with Crippen molar-refractivity contribution in [1.82, 2.24) is 0 Å². The summed E-state index contributed by atoms with van der Waals surface area (Å²) in [5.74, 6) is -0.424. The maximum Gasteiger partial charge on any atom is 0.422 e. The minimum atomic E-state index is -4.38. The Kier molecular flexibility index (Phi) is 4.44. The smallest absolute Gasteiger partial charge is 0.422 e. The van der Waals surface area contributed by atoms with Crippen molar-refractivity contribution >= 4 is 17.1 Å². The SMILES string of the molecule is CN(c1ccc(OCC(F)(F)F)cc1)c1ccc(N)c(F)c1. The molecule has 2 aromatic rings. The fourth-order valence-electron chi connectivity index (χ4n) is 1.80. The van der Waals surface area contributed by atoms with Gasteiger partial charge < -0.3 is 15.4 Å². The van der Waals surface area contributed by atoms with E-state index in [9.17, 15) is 17.6 Å². The summed E-state index contributed by atoms with van der Waals surface area (Å²) in [6, 6.07) is 10.4. The largest absolute Gasteiger partial charge is 0.484 e. The number of nitrogen functional groups attached to an aromatic ring is 1. The van der Waals surface area contributed by atoms with Gasteiger partial charge in [-0.05, 0) is 42.5 Å². The molecule has 0 saturated carbocycles. The van der Waals surface area contributed by atoms with E-state index in [1.807, 2.05) is 0 Å². The third-order valence-corrected chi connectivity index (χ3v) is 3.00. The molecular formula is C15H14F4N2O. The highest BCUT2D eigenvalue weighted by Crippen LogP contribution is 2.28. The summed E-state index contributed by atoms with van der Waals surface area (Å²) >= 11 is 0. The summed E-state index contributed by atoms with van der Waals surface area (Å²) in [6.45, 7) is -1.34. The number of nitrogens with two attached hydrogens (primary N) is 1. The van der Waals surface area contributed by atoms with E-state index in [4.69, 9.17) is 5.73 Å². The molecule has 0 aliphatic carbocycles. The van der Waals surface area contributed by atoms with Crippen LogP contribution in [-0.2, 0) is 0 Å². The maximum atomic E-state index is 13.5. The Balaban J connectivity index is 2.10. The predicted octanol–water partition coefficient (Wildman–Crippen LogP) is 4.12. The number of ether oxygens (including phenoxy) is 1. The Morgan fingerprint density at radius 2 is 1.64 bits per heavy atom. The van der Waals surface area contributed by atoms with E-state index in [0.717, 1.165) is 0 Å². The number of nitrogens with zero attached hydrogens (tertiary/aromatic N) is 1. The summed E-state index contributed by atoms with van der Waals surface area (Å²) in [4.78, 5) is 1.68. The van der Waals surface area contributed by atoms with Crippen LogP contribution in [0.15, 0.2) is 42.5 Å². The molecule has 22 heavy (non-hydrogen) atoms. The summed E-state index contributed by atoms with van der Waals surface area (Å²) in [5.41, 5.74) is 6.70. The lowest BCUT2D eigenvalue weighted by molar-refractivity contribution is -0.153. The summed E-state index contributed by atoms with van der Waals surface area (Å²) in [6.07, 6.45) is -4.38. The minimum absolute atomic E-state index is 0.0491. The van der Waals surface area contributed by atoms with E-state index >= 15 is 0 Å². The van der Waals surface area contributed by atoms with E-state index in [0.29, 0.717) is 11.4 Å². The lowest BCUT2D eigenvalue weighted by Crippen LogP contribution is -2.19. The number of anilines is 3. The van der Waals surface area contributed by atoms with E-state index in [1.54, 1.807) is 30.1 Å². The van der Waals surface area contributed by atoms with E-state index in [-0.39, 0.29) is 11.4 Å². The Morgan fingerprint density at radius 3 is 2.18 bits per heavy atom. The molecule has 0 aliphatic rings. The van der Waals surface area contributed by atoms with Gasteiger partial charge in [-0.1, -0.05) is 0 Å². The van der Waals surface area contributed by atoms with E-state index in [2.05, 4.69) is 4.74 Å². The van der Waals surface area contributed by atoms with Crippen molar-refractivity contribution in [3.8, 4) is 5.75 Å². The second kappa shape index (κ2) is 6.13. The molecule has 0 unspecified atom stereocenters. The molecule has 0 atom stereocenters. The van der Waals surface area contributed by atoms with Crippen molar-refractivity contribution in [2.75, 3.05) is 24.3 Å². The number of rotatable bonds is 4. The molecule has 2 N–H and O–H groups in total. The van der Waals surface area contributed by atoms with Gasteiger partial charge >= 0.3 is 6.18 Å². The first-order chi connectivity index (χ1) is 10.3. The van der Waals surface area contributed by atoms with Crippen LogP contribution < -0.4 is 15.4 Å². The van der Waals surface area contributed by atoms with Gasteiger partial charge in [0.05, 0.1) is 5.69 Å². The minimum Gasteiger partial charge on any atom is -0.484 e.